The molecule has 0 spiro atoms. The fraction of sp³-hybridized carbons (Fsp3) is 0.588. The Kier molecular flexibility index (Phi) is 4.76. The minimum atomic E-state index is 0.544. The van der Waals surface area contributed by atoms with Gasteiger partial charge in [-0.05, 0) is 50.3 Å². The van der Waals surface area contributed by atoms with Gasteiger partial charge in [-0.1, -0.05) is 13.8 Å². The van der Waals surface area contributed by atoms with Crippen LogP contribution < -0.4 is 5.32 Å². The zero-order chi connectivity index (χ0) is 14.7. The molecule has 4 heteroatoms. The summed E-state index contributed by atoms with van der Waals surface area (Å²) in [5, 5.41) is 3.42. The summed E-state index contributed by atoms with van der Waals surface area (Å²) in [5.41, 5.74) is 1.53. The maximum absolute atomic E-state index is 5.93. The number of oxazole rings is 1. The standard InChI is InChI=1S/C17H24N2OS/c1-12(2)18-9-5-8-17-19-11-14(20-17)16-10-13-6-3-4-7-15(13)21-16/h10-12,18H,3-9H2,1-2H3. The smallest absolute Gasteiger partial charge is 0.194 e. The molecule has 2 heterocycles. The number of fused-ring (bicyclic) bond motifs is 1. The van der Waals surface area contributed by atoms with E-state index in [-0.39, 0.29) is 0 Å². The highest BCUT2D eigenvalue weighted by molar-refractivity contribution is 7.15. The second-order valence-electron chi connectivity index (χ2n) is 6.10. The molecule has 0 amide bonds. The van der Waals surface area contributed by atoms with Crippen LogP contribution in [0.25, 0.3) is 10.6 Å². The molecule has 2 aromatic heterocycles. The molecular formula is C17H24N2OS. The van der Waals surface area contributed by atoms with Crippen molar-refractivity contribution in [2.75, 3.05) is 6.54 Å². The highest BCUT2D eigenvalue weighted by Crippen LogP contribution is 2.35. The summed E-state index contributed by atoms with van der Waals surface area (Å²) in [4.78, 5) is 7.23. The number of hydrogen-bond acceptors (Lipinski definition) is 4. The maximum atomic E-state index is 5.93. The van der Waals surface area contributed by atoms with Crippen LogP contribution in [0.5, 0.6) is 0 Å². The molecule has 0 saturated heterocycles. The predicted molar refractivity (Wildman–Crippen MR) is 87.9 cm³/mol. The van der Waals surface area contributed by atoms with E-state index in [1.807, 2.05) is 17.5 Å². The van der Waals surface area contributed by atoms with Gasteiger partial charge in [0.05, 0.1) is 11.1 Å². The van der Waals surface area contributed by atoms with E-state index in [0.717, 1.165) is 31.0 Å². The summed E-state index contributed by atoms with van der Waals surface area (Å²) in [6.45, 7) is 5.35. The van der Waals surface area contributed by atoms with E-state index in [4.69, 9.17) is 4.42 Å². The Hall–Kier alpha value is -1.13. The van der Waals surface area contributed by atoms with Gasteiger partial charge in [0.15, 0.2) is 11.7 Å². The Morgan fingerprint density at radius 3 is 3.00 bits per heavy atom. The van der Waals surface area contributed by atoms with Crippen LogP contribution in [-0.2, 0) is 19.3 Å². The van der Waals surface area contributed by atoms with Crippen LogP contribution in [0, 0.1) is 0 Å². The largest absolute Gasteiger partial charge is 0.440 e. The number of nitrogens with zero attached hydrogens (tertiary/aromatic N) is 1. The molecule has 0 radical (unpaired) electrons. The number of rotatable bonds is 6. The van der Waals surface area contributed by atoms with Crippen molar-refractivity contribution in [3.05, 3.63) is 28.6 Å². The maximum Gasteiger partial charge on any atom is 0.194 e. The van der Waals surface area contributed by atoms with Crippen molar-refractivity contribution in [1.82, 2.24) is 10.3 Å². The first kappa shape index (κ1) is 14.8. The zero-order valence-corrected chi connectivity index (χ0v) is 13.8. The lowest BCUT2D eigenvalue weighted by Gasteiger charge is -2.08. The third-order valence-electron chi connectivity index (χ3n) is 3.91. The highest BCUT2D eigenvalue weighted by atomic mass is 32.1. The van der Waals surface area contributed by atoms with E-state index in [1.165, 1.54) is 36.1 Å². The second-order valence-corrected chi connectivity index (χ2v) is 7.23. The van der Waals surface area contributed by atoms with Gasteiger partial charge in [0.2, 0.25) is 0 Å². The number of aryl methyl sites for hydroxylation is 3. The van der Waals surface area contributed by atoms with Crippen LogP contribution in [0.15, 0.2) is 16.7 Å². The lowest BCUT2D eigenvalue weighted by atomic mass is 9.99. The van der Waals surface area contributed by atoms with Crippen molar-refractivity contribution in [2.45, 2.75) is 58.4 Å². The van der Waals surface area contributed by atoms with E-state index >= 15 is 0 Å². The monoisotopic (exact) mass is 304 g/mol. The molecule has 0 aromatic carbocycles. The van der Waals surface area contributed by atoms with Crippen molar-refractivity contribution in [2.24, 2.45) is 0 Å². The van der Waals surface area contributed by atoms with Crippen molar-refractivity contribution >= 4 is 11.3 Å². The van der Waals surface area contributed by atoms with Crippen LogP contribution in [0.1, 0.15) is 49.4 Å². The van der Waals surface area contributed by atoms with E-state index in [9.17, 15) is 0 Å². The number of hydrogen-bond donors (Lipinski definition) is 1. The first-order chi connectivity index (χ1) is 10.2. The quantitative estimate of drug-likeness (QED) is 0.812. The number of thiophene rings is 1. The average molecular weight is 304 g/mol. The topological polar surface area (TPSA) is 38.1 Å². The molecular weight excluding hydrogens is 280 g/mol. The molecule has 21 heavy (non-hydrogen) atoms. The normalized spacial score (nSPS) is 14.6. The molecule has 0 atom stereocenters. The molecule has 0 unspecified atom stereocenters. The third-order valence-corrected chi connectivity index (χ3v) is 5.16. The molecule has 0 bridgehead atoms. The van der Waals surface area contributed by atoms with Gasteiger partial charge in [-0.15, -0.1) is 11.3 Å². The molecule has 1 N–H and O–H groups in total. The van der Waals surface area contributed by atoms with Gasteiger partial charge in [-0.25, -0.2) is 4.98 Å². The third kappa shape index (κ3) is 3.74. The molecule has 1 aliphatic carbocycles. The summed E-state index contributed by atoms with van der Waals surface area (Å²) < 4.78 is 5.93. The first-order valence-electron chi connectivity index (χ1n) is 8.02. The van der Waals surface area contributed by atoms with E-state index in [0.29, 0.717) is 6.04 Å². The molecule has 2 aromatic rings. The van der Waals surface area contributed by atoms with Gasteiger partial charge in [-0.3, -0.25) is 0 Å². The Morgan fingerprint density at radius 1 is 1.33 bits per heavy atom. The van der Waals surface area contributed by atoms with Gasteiger partial charge in [-0.2, -0.15) is 0 Å². The Balaban J connectivity index is 1.60. The van der Waals surface area contributed by atoms with Crippen molar-refractivity contribution in [1.29, 1.82) is 0 Å². The summed E-state index contributed by atoms with van der Waals surface area (Å²) in [7, 11) is 0. The molecule has 114 valence electrons. The Morgan fingerprint density at radius 2 is 2.19 bits per heavy atom. The summed E-state index contributed by atoms with van der Waals surface area (Å²) >= 11 is 1.89. The first-order valence-corrected chi connectivity index (χ1v) is 8.84. The van der Waals surface area contributed by atoms with Crippen LogP contribution >= 0.6 is 11.3 Å². The number of aromatic nitrogens is 1. The van der Waals surface area contributed by atoms with Gasteiger partial charge < -0.3 is 9.73 Å². The van der Waals surface area contributed by atoms with Crippen LogP contribution in [0.3, 0.4) is 0 Å². The Labute approximate surface area is 130 Å². The van der Waals surface area contributed by atoms with Gasteiger partial charge >= 0.3 is 0 Å². The van der Waals surface area contributed by atoms with Gasteiger partial charge in [0.25, 0.3) is 0 Å². The molecule has 1 aliphatic rings. The van der Waals surface area contributed by atoms with E-state index in [1.54, 1.807) is 4.88 Å². The number of nitrogens with one attached hydrogen (secondary N) is 1. The molecule has 0 saturated carbocycles. The minimum Gasteiger partial charge on any atom is -0.440 e. The predicted octanol–water partition coefficient (Wildman–Crippen LogP) is 4.21. The van der Waals surface area contributed by atoms with E-state index < -0.39 is 0 Å². The van der Waals surface area contributed by atoms with Crippen LogP contribution in [-0.4, -0.2) is 17.6 Å². The minimum absolute atomic E-state index is 0.544. The fourth-order valence-electron chi connectivity index (χ4n) is 2.78. The summed E-state index contributed by atoms with van der Waals surface area (Å²) in [6, 6.07) is 2.85. The van der Waals surface area contributed by atoms with Gasteiger partial charge in [0, 0.05) is 17.3 Å². The highest BCUT2D eigenvalue weighted by Gasteiger charge is 2.16. The lowest BCUT2D eigenvalue weighted by molar-refractivity contribution is 0.485. The summed E-state index contributed by atoms with van der Waals surface area (Å²) in [5.74, 6) is 1.81. The van der Waals surface area contributed by atoms with Crippen LogP contribution in [0.2, 0.25) is 0 Å². The average Bonchev–Trinajstić information content (AvgIpc) is 3.09. The van der Waals surface area contributed by atoms with Crippen molar-refractivity contribution in [3.63, 3.8) is 0 Å². The Bertz CT molecular complexity index is 562. The zero-order valence-electron chi connectivity index (χ0n) is 12.9. The molecule has 0 aliphatic heterocycles. The summed E-state index contributed by atoms with van der Waals surface area (Å²) in [6.07, 6.45) is 8.99. The molecule has 3 nitrogen and oxygen atoms in total. The lowest BCUT2D eigenvalue weighted by Crippen LogP contribution is -2.23. The van der Waals surface area contributed by atoms with Crippen molar-refractivity contribution in [3.8, 4) is 10.6 Å². The van der Waals surface area contributed by atoms with Crippen molar-refractivity contribution < 1.29 is 4.42 Å². The molecule has 0 fully saturated rings. The SMILES string of the molecule is CC(C)NCCCc1ncc(-c2cc3c(s2)CCCC3)o1. The molecule has 3 rings (SSSR count). The van der Waals surface area contributed by atoms with E-state index in [2.05, 4.69) is 30.2 Å². The van der Waals surface area contributed by atoms with Crippen LogP contribution in [0.4, 0.5) is 0 Å². The van der Waals surface area contributed by atoms with Gasteiger partial charge in [0.1, 0.15) is 0 Å². The fourth-order valence-corrected chi connectivity index (χ4v) is 3.98. The second kappa shape index (κ2) is 6.75.